The predicted octanol–water partition coefficient (Wildman–Crippen LogP) is 1.62. The average Bonchev–Trinajstić information content (AvgIpc) is 3.16. The van der Waals surface area contributed by atoms with Crippen molar-refractivity contribution in [2.45, 2.75) is 18.9 Å². The molecule has 9 heteroatoms. The zero-order chi connectivity index (χ0) is 18.4. The Morgan fingerprint density at radius 1 is 1.26 bits per heavy atom. The molecule has 1 aromatic rings. The van der Waals surface area contributed by atoms with Crippen molar-refractivity contribution >= 4 is 47.6 Å². The Hall–Kier alpha value is -0.810. The van der Waals surface area contributed by atoms with Gasteiger partial charge in [0.15, 0.2) is 5.96 Å². The lowest BCUT2D eigenvalue weighted by Gasteiger charge is -2.38. The summed E-state index contributed by atoms with van der Waals surface area (Å²) >= 11 is 2.04. The van der Waals surface area contributed by atoms with Crippen molar-refractivity contribution in [3.63, 3.8) is 0 Å². The first-order valence-corrected chi connectivity index (χ1v) is 10.6. The van der Waals surface area contributed by atoms with Crippen LogP contribution < -0.4 is 10.2 Å². The number of anilines is 1. The summed E-state index contributed by atoms with van der Waals surface area (Å²) in [5.41, 5.74) is 0.199. The van der Waals surface area contributed by atoms with Crippen LogP contribution in [0, 0.1) is 0 Å². The quantitative estimate of drug-likeness (QED) is 0.371. The molecule has 3 heterocycles. The van der Waals surface area contributed by atoms with Crippen molar-refractivity contribution in [2.75, 3.05) is 69.8 Å². The largest absolute Gasteiger partial charge is 0.357 e. The van der Waals surface area contributed by atoms with Gasteiger partial charge in [-0.1, -0.05) is 0 Å². The zero-order valence-corrected chi connectivity index (χ0v) is 19.7. The molecule has 7 nitrogen and oxygen atoms in total. The third kappa shape index (κ3) is 5.60. The van der Waals surface area contributed by atoms with E-state index in [-0.39, 0.29) is 29.5 Å². The number of halogens is 1. The standard InChI is InChI=1S/C18H31N7S.HI/c1-4-19-16(22-14-18(23(2)3)6-13-26-15-18)24-9-11-25(12-10-24)17-20-7-5-8-21-17;/h5,7-8H,4,6,9-15H2,1-3H3,(H,19,22);1H. The van der Waals surface area contributed by atoms with Crippen LogP contribution in [0.3, 0.4) is 0 Å². The van der Waals surface area contributed by atoms with E-state index in [4.69, 9.17) is 4.99 Å². The number of rotatable bonds is 5. The lowest BCUT2D eigenvalue weighted by molar-refractivity contribution is 0.189. The predicted molar refractivity (Wildman–Crippen MR) is 126 cm³/mol. The van der Waals surface area contributed by atoms with Gasteiger partial charge in [-0.3, -0.25) is 4.99 Å². The summed E-state index contributed by atoms with van der Waals surface area (Å²) in [4.78, 5) is 20.8. The highest BCUT2D eigenvalue weighted by Crippen LogP contribution is 2.32. The molecule has 1 aromatic heterocycles. The summed E-state index contributed by atoms with van der Waals surface area (Å²) in [6.45, 7) is 7.60. The molecule has 0 saturated carbocycles. The third-order valence-corrected chi connectivity index (χ3v) is 6.54. The Morgan fingerprint density at radius 3 is 2.52 bits per heavy atom. The topological polar surface area (TPSA) is 59.9 Å². The number of nitrogens with one attached hydrogen (secondary N) is 1. The van der Waals surface area contributed by atoms with Gasteiger partial charge in [0, 0.05) is 56.4 Å². The molecule has 2 aliphatic heterocycles. The van der Waals surface area contributed by atoms with Crippen LogP contribution in [0.4, 0.5) is 5.95 Å². The number of likely N-dealkylation sites (N-methyl/N-ethyl adjacent to an activating group) is 1. The van der Waals surface area contributed by atoms with Crippen LogP contribution in [0.2, 0.25) is 0 Å². The summed E-state index contributed by atoms with van der Waals surface area (Å²) in [6.07, 6.45) is 4.83. The van der Waals surface area contributed by atoms with E-state index < -0.39 is 0 Å². The van der Waals surface area contributed by atoms with Crippen molar-refractivity contribution in [3.8, 4) is 0 Å². The zero-order valence-electron chi connectivity index (χ0n) is 16.6. The summed E-state index contributed by atoms with van der Waals surface area (Å²) in [6, 6.07) is 1.86. The molecule has 1 atom stereocenters. The maximum atomic E-state index is 5.04. The SMILES string of the molecule is CCNC(=NCC1(N(C)C)CCSC1)N1CCN(c2ncccn2)CC1.I. The van der Waals surface area contributed by atoms with Crippen molar-refractivity contribution < 1.29 is 0 Å². The van der Waals surface area contributed by atoms with E-state index in [1.807, 2.05) is 17.8 Å². The molecule has 0 bridgehead atoms. The third-order valence-electron chi connectivity index (χ3n) is 5.30. The highest BCUT2D eigenvalue weighted by molar-refractivity contribution is 14.0. The van der Waals surface area contributed by atoms with Gasteiger partial charge >= 0.3 is 0 Å². The van der Waals surface area contributed by atoms with Crippen LogP contribution in [-0.4, -0.2) is 96.1 Å². The molecule has 1 N–H and O–H groups in total. The maximum absolute atomic E-state index is 5.04. The average molecular weight is 505 g/mol. The number of piperazine rings is 1. The molecule has 2 fully saturated rings. The van der Waals surface area contributed by atoms with E-state index in [0.29, 0.717) is 0 Å². The minimum absolute atomic E-state index is 0. The van der Waals surface area contributed by atoms with Gasteiger partial charge < -0.3 is 20.0 Å². The number of nitrogens with zero attached hydrogens (tertiary/aromatic N) is 6. The van der Waals surface area contributed by atoms with Gasteiger partial charge in [0.2, 0.25) is 5.95 Å². The molecule has 2 saturated heterocycles. The van der Waals surface area contributed by atoms with Gasteiger partial charge in [-0.2, -0.15) is 11.8 Å². The smallest absolute Gasteiger partial charge is 0.225 e. The fraction of sp³-hybridized carbons (Fsp3) is 0.722. The molecule has 0 radical (unpaired) electrons. The molecule has 0 aliphatic carbocycles. The fourth-order valence-electron chi connectivity index (χ4n) is 3.44. The van der Waals surface area contributed by atoms with Gasteiger partial charge in [-0.25, -0.2) is 9.97 Å². The second kappa shape index (κ2) is 10.7. The Labute approximate surface area is 184 Å². The number of guanidine groups is 1. The van der Waals surface area contributed by atoms with E-state index in [0.717, 1.165) is 51.2 Å². The van der Waals surface area contributed by atoms with E-state index >= 15 is 0 Å². The Kier molecular flexibility index (Phi) is 8.87. The van der Waals surface area contributed by atoms with Crippen molar-refractivity contribution in [1.82, 2.24) is 25.1 Å². The second-order valence-corrected chi connectivity index (χ2v) is 8.22. The molecule has 0 spiro atoms. The first-order valence-electron chi connectivity index (χ1n) is 9.45. The first kappa shape index (κ1) is 22.5. The van der Waals surface area contributed by atoms with E-state index in [2.05, 4.69) is 51.0 Å². The second-order valence-electron chi connectivity index (χ2n) is 7.11. The highest BCUT2D eigenvalue weighted by Gasteiger charge is 2.36. The highest BCUT2D eigenvalue weighted by atomic mass is 127. The molecule has 0 amide bonds. The number of thioether (sulfide) groups is 1. The molecule has 2 aliphatic rings. The lowest BCUT2D eigenvalue weighted by Crippen LogP contribution is -2.54. The van der Waals surface area contributed by atoms with Crippen molar-refractivity contribution in [3.05, 3.63) is 18.5 Å². The molecule has 152 valence electrons. The molecule has 27 heavy (non-hydrogen) atoms. The fourth-order valence-corrected chi connectivity index (χ4v) is 4.98. The van der Waals surface area contributed by atoms with Crippen LogP contribution in [0.5, 0.6) is 0 Å². The summed E-state index contributed by atoms with van der Waals surface area (Å²) in [7, 11) is 4.37. The van der Waals surface area contributed by atoms with Crippen LogP contribution >= 0.6 is 35.7 Å². The van der Waals surface area contributed by atoms with E-state index in [9.17, 15) is 0 Å². The van der Waals surface area contributed by atoms with E-state index in [1.54, 1.807) is 12.4 Å². The maximum Gasteiger partial charge on any atom is 0.225 e. The van der Waals surface area contributed by atoms with Crippen LogP contribution in [0.15, 0.2) is 23.5 Å². The number of aromatic nitrogens is 2. The normalized spacial score (nSPS) is 23.5. The lowest BCUT2D eigenvalue weighted by atomic mass is 9.98. The van der Waals surface area contributed by atoms with Gasteiger partial charge in [0.1, 0.15) is 0 Å². The summed E-state index contributed by atoms with van der Waals surface area (Å²) < 4.78 is 0. The molecule has 0 aromatic carbocycles. The minimum Gasteiger partial charge on any atom is -0.357 e. The number of aliphatic imine (C=N–C) groups is 1. The minimum atomic E-state index is 0. The molecule has 1 unspecified atom stereocenters. The first-order chi connectivity index (χ1) is 12.6. The van der Waals surface area contributed by atoms with Crippen molar-refractivity contribution in [2.24, 2.45) is 4.99 Å². The van der Waals surface area contributed by atoms with Gasteiger partial charge in [-0.15, -0.1) is 24.0 Å². The summed E-state index contributed by atoms with van der Waals surface area (Å²) in [5, 5.41) is 3.49. The van der Waals surface area contributed by atoms with Gasteiger partial charge in [0.05, 0.1) is 6.54 Å². The monoisotopic (exact) mass is 505 g/mol. The molecule has 3 rings (SSSR count). The summed E-state index contributed by atoms with van der Waals surface area (Å²) in [5.74, 6) is 4.27. The van der Waals surface area contributed by atoms with Crippen LogP contribution in [-0.2, 0) is 0 Å². The van der Waals surface area contributed by atoms with Gasteiger partial charge in [0.25, 0.3) is 0 Å². The van der Waals surface area contributed by atoms with Gasteiger partial charge in [-0.05, 0) is 39.3 Å². The van der Waals surface area contributed by atoms with E-state index in [1.165, 1.54) is 17.9 Å². The van der Waals surface area contributed by atoms with Crippen molar-refractivity contribution in [1.29, 1.82) is 0 Å². The molecular formula is C18H32IN7S. The van der Waals surface area contributed by atoms with Crippen LogP contribution in [0.1, 0.15) is 13.3 Å². The Morgan fingerprint density at radius 2 is 1.96 bits per heavy atom. The number of hydrogen-bond acceptors (Lipinski definition) is 6. The van der Waals surface area contributed by atoms with Crippen LogP contribution in [0.25, 0.3) is 0 Å². The number of hydrogen-bond donors (Lipinski definition) is 1. The molecular weight excluding hydrogens is 473 g/mol. The Balaban J connectivity index is 0.00000261. The Bertz CT molecular complexity index is 585.